The maximum atomic E-state index is 15.3. The first kappa shape index (κ1) is 29.9. The molecule has 7 atom stereocenters. The van der Waals surface area contributed by atoms with Crippen molar-refractivity contribution in [3.05, 3.63) is 12.2 Å². The number of ether oxygens (including phenoxy) is 2. The highest BCUT2D eigenvalue weighted by Crippen LogP contribution is 2.55. The zero-order valence-corrected chi connectivity index (χ0v) is 23.3. The molecule has 5 rings (SSSR count). The van der Waals surface area contributed by atoms with Gasteiger partial charge in [-0.3, -0.25) is 13.7 Å². The number of fused-ring (bicyclic) bond motifs is 1. The number of alkyl halides is 1. The lowest BCUT2D eigenvalue weighted by Gasteiger charge is -2.26. The Balaban J connectivity index is 1.39. The second-order valence-electron chi connectivity index (χ2n) is 10.6. The monoisotopic (exact) mass is 609 g/mol. The van der Waals surface area contributed by atoms with Crippen LogP contribution in [0.2, 0.25) is 0 Å². The summed E-state index contributed by atoms with van der Waals surface area (Å²) in [5.74, 6) is -0.399. The molecule has 2 aromatic heterocycles. The molecule has 1 aliphatic carbocycles. The van der Waals surface area contributed by atoms with Crippen LogP contribution >= 0.6 is 15.2 Å². The van der Waals surface area contributed by atoms with Gasteiger partial charge in [-0.05, 0) is 25.2 Å². The van der Waals surface area contributed by atoms with Crippen LogP contribution in [0.4, 0.5) is 10.2 Å². The Morgan fingerprint density at radius 2 is 1.90 bits per heavy atom. The van der Waals surface area contributed by atoms with Crippen LogP contribution < -0.4 is 5.32 Å². The summed E-state index contributed by atoms with van der Waals surface area (Å²) in [6, 6.07) is 0.198. The number of hydrogen-bond donors (Lipinski definition) is 6. The molecule has 2 saturated heterocycles. The van der Waals surface area contributed by atoms with Gasteiger partial charge in [0.05, 0.1) is 19.5 Å². The van der Waals surface area contributed by atoms with Gasteiger partial charge in [-0.1, -0.05) is 12.8 Å². The van der Waals surface area contributed by atoms with Gasteiger partial charge in [0.25, 0.3) is 0 Å². The van der Waals surface area contributed by atoms with E-state index in [9.17, 15) is 24.2 Å². The lowest BCUT2D eigenvalue weighted by atomic mass is 9.95. The molecule has 3 fully saturated rings. The molecule has 5 unspecified atom stereocenters. The third-order valence-electron chi connectivity index (χ3n) is 7.38. The van der Waals surface area contributed by atoms with Crippen molar-refractivity contribution in [1.29, 1.82) is 0 Å². The number of nitrogens with zero attached hydrogens (tertiary/aromatic N) is 4. The first-order valence-corrected chi connectivity index (χ1v) is 16.7. The molecule has 0 bridgehead atoms. The number of aliphatic hydroxyl groups excluding tert-OH is 2. The molecular weight excluding hydrogens is 575 g/mol. The Morgan fingerprint density at radius 3 is 2.60 bits per heavy atom. The average Bonchev–Trinajstić information content (AvgIpc) is 3.58. The van der Waals surface area contributed by atoms with Gasteiger partial charge in [-0.25, -0.2) is 19.3 Å². The fourth-order valence-corrected chi connectivity index (χ4v) is 7.99. The maximum Gasteiger partial charge on any atom is 0.340 e. The van der Waals surface area contributed by atoms with Crippen LogP contribution in [-0.2, 0) is 29.5 Å². The van der Waals surface area contributed by atoms with E-state index in [4.69, 9.17) is 28.8 Å². The van der Waals surface area contributed by atoms with Gasteiger partial charge < -0.3 is 44.2 Å². The van der Waals surface area contributed by atoms with Crippen LogP contribution in [-0.4, -0.2) is 94.2 Å². The molecule has 224 valence electrons. The SMILES string of the molecule is O=P(O)(O)CP(=O)(O)OCC1O[C@@H](n2cnc3c(NC4CCCC4)nc(CC4CCOC(O)C4)nc32)[C@@H](F)C1O. The standard InChI is InChI=1S/C22H34FN5O10P2/c23-17-19(30)14(9-37-40(34,35)11-39(31,32)33)38-22(17)28-10-24-18-20(25-13-3-1-2-4-13)26-15(27-21(18)28)7-12-5-6-36-16(29)8-12/h10,12-14,16-17,19,22,29-30H,1-9,11H2,(H,34,35)(H,25,26,27)(H2,31,32,33)/t12?,14?,16?,17-,19?,22+/m0/s1. The Kier molecular flexibility index (Phi) is 8.94. The second kappa shape index (κ2) is 12.0. The molecule has 2 aliphatic heterocycles. The van der Waals surface area contributed by atoms with Crippen LogP contribution in [0.1, 0.15) is 50.6 Å². The zero-order valence-electron chi connectivity index (χ0n) is 21.5. The van der Waals surface area contributed by atoms with Gasteiger partial charge in [0.1, 0.15) is 18.0 Å². The Labute approximate surface area is 228 Å². The van der Waals surface area contributed by atoms with Gasteiger partial charge in [0.2, 0.25) is 0 Å². The van der Waals surface area contributed by atoms with E-state index in [1.165, 1.54) is 10.9 Å². The fourth-order valence-electron chi connectivity index (χ4n) is 5.42. The molecule has 0 amide bonds. The van der Waals surface area contributed by atoms with E-state index in [2.05, 4.69) is 15.3 Å². The summed E-state index contributed by atoms with van der Waals surface area (Å²) in [4.78, 5) is 41.4. The minimum Gasteiger partial charge on any atom is -0.387 e. The van der Waals surface area contributed by atoms with Gasteiger partial charge in [0, 0.05) is 18.9 Å². The lowest BCUT2D eigenvalue weighted by Crippen LogP contribution is -2.31. The normalized spacial score (nSPS) is 31.6. The quantitative estimate of drug-likeness (QED) is 0.210. The van der Waals surface area contributed by atoms with Crippen LogP contribution in [0.5, 0.6) is 0 Å². The van der Waals surface area contributed by atoms with Crippen molar-refractivity contribution >= 4 is 32.2 Å². The number of aromatic nitrogens is 4. The predicted molar refractivity (Wildman–Crippen MR) is 137 cm³/mol. The molecule has 18 heteroatoms. The van der Waals surface area contributed by atoms with E-state index in [0.717, 1.165) is 25.7 Å². The summed E-state index contributed by atoms with van der Waals surface area (Å²) < 4.78 is 55.4. The molecule has 40 heavy (non-hydrogen) atoms. The largest absolute Gasteiger partial charge is 0.387 e. The first-order chi connectivity index (χ1) is 18.9. The molecule has 1 saturated carbocycles. The third-order valence-corrected chi connectivity index (χ3v) is 10.8. The van der Waals surface area contributed by atoms with Crippen molar-refractivity contribution in [2.75, 3.05) is 24.4 Å². The van der Waals surface area contributed by atoms with Crippen molar-refractivity contribution < 1.29 is 52.4 Å². The minimum atomic E-state index is -4.86. The number of halogens is 1. The van der Waals surface area contributed by atoms with E-state index < -0.39 is 58.6 Å². The summed E-state index contributed by atoms with van der Waals surface area (Å²) in [6.45, 7) is -0.367. The third kappa shape index (κ3) is 7.06. The lowest BCUT2D eigenvalue weighted by molar-refractivity contribution is -0.138. The topological polar surface area (TPSA) is 219 Å². The Bertz CT molecular complexity index is 1290. The van der Waals surface area contributed by atoms with E-state index >= 15 is 4.39 Å². The van der Waals surface area contributed by atoms with Crippen molar-refractivity contribution in [3.8, 4) is 0 Å². The van der Waals surface area contributed by atoms with Gasteiger partial charge in [-0.2, -0.15) is 0 Å². The molecule has 0 radical (unpaired) electrons. The summed E-state index contributed by atoms with van der Waals surface area (Å²) in [5, 5.41) is 23.8. The summed E-state index contributed by atoms with van der Waals surface area (Å²) in [7, 11) is -9.60. The van der Waals surface area contributed by atoms with Crippen molar-refractivity contribution in [2.24, 2.45) is 5.92 Å². The van der Waals surface area contributed by atoms with E-state index in [0.29, 0.717) is 43.0 Å². The van der Waals surface area contributed by atoms with E-state index in [1.807, 2.05) is 0 Å². The molecule has 0 spiro atoms. The molecule has 0 aromatic carbocycles. The van der Waals surface area contributed by atoms with Gasteiger partial charge in [0.15, 0.2) is 41.6 Å². The number of hydrogen-bond acceptors (Lipinski definition) is 11. The summed E-state index contributed by atoms with van der Waals surface area (Å²) in [6.07, 6.45) is -0.439. The minimum absolute atomic E-state index is 0.0687. The Hall–Kier alpha value is -1.58. The second-order valence-corrected chi connectivity index (χ2v) is 14.6. The molecule has 4 heterocycles. The molecular formula is C22H34FN5O10P2. The zero-order chi connectivity index (χ0) is 28.7. The van der Waals surface area contributed by atoms with Crippen LogP contribution in [0.25, 0.3) is 11.2 Å². The van der Waals surface area contributed by atoms with Crippen molar-refractivity contribution in [1.82, 2.24) is 19.5 Å². The highest BCUT2D eigenvalue weighted by Gasteiger charge is 2.47. The van der Waals surface area contributed by atoms with Crippen LogP contribution in [0.15, 0.2) is 6.33 Å². The smallest absolute Gasteiger partial charge is 0.340 e. The average molecular weight is 609 g/mol. The van der Waals surface area contributed by atoms with Crippen LogP contribution in [0.3, 0.4) is 0 Å². The molecule has 2 aromatic rings. The highest BCUT2D eigenvalue weighted by molar-refractivity contribution is 7.70. The number of rotatable bonds is 10. The predicted octanol–water partition coefficient (Wildman–Crippen LogP) is 1.40. The number of imidazole rings is 1. The number of aliphatic hydroxyl groups is 2. The van der Waals surface area contributed by atoms with Crippen LogP contribution in [0, 0.1) is 5.92 Å². The Morgan fingerprint density at radius 1 is 1.15 bits per heavy atom. The molecule has 6 N–H and O–H groups in total. The van der Waals surface area contributed by atoms with Crippen molar-refractivity contribution in [3.63, 3.8) is 0 Å². The van der Waals surface area contributed by atoms with E-state index in [-0.39, 0.29) is 17.6 Å². The molecule has 15 nitrogen and oxygen atoms in total. The number of nitrogens with one attached hydrogen (secondary N) is 1. The summed E-state index contributed by atoms with van der Waals surface area (Å²) in [5.41, 5.74) is 0.642. The highest BCUT2D eigenvalue weighted by atomic mass is 31.2. The first-order valence-electron chi connectivity index (χ1n) is 13.2. The fraction of sp³-hybridized carbons (Fsp3) is 0.773. The number of anilines is 1. The van der Waals surface area contributed by atoms with Gasteiger partial charge in [-0.15, -0.1) is 0 Å². The van der Waals surface area contributed by atoms with E-state index in [1.54, 1.807) is 0 Å². The van der Waals surface area contributed by atoms with Gasteiger partial charge >= 0.3 is 15.2 Å². The maximum absolute atomic E-state index is 15.3. The summed E-state index contributed by atoms with van der Waals surface area (Å²) >= 11 is 0. The van der Waals surface area contributed by atoms with Crippen molar-refractivity contribution in [2.45, 2.75) is 81.9 Å². The molecule has 3 aliphatic rings.